The van der Waals surface area contributed by atoms with Crippen LogP contribution in [-0.4, -0.2) is 32.8 Å². The lowest BCUT2D eigenvalue weighted by molar-refractivity contribution is 0.0675. The molecule has 0 aliphatic carbocycles. The number of nitrogens with zero attached hydrogens (tertiary/aromatic N) is 5. The van der Waals surface area contributed by atoms with Gasteiger partial charge in [0, 0.05) is 41.0 Å². The molecule has 2 aromatic carbocycles. The van der Waals surface area contributed by atoms with Gasteiger partial charge >= 0.3 is 0 Å². The van der Waals surface area contributed by atoms with Crippen LogP contribution in [0.5, 0.6) is 0 Å². The molecule has 34 heavy (non-hydrogen) atoms. The molecule has 1 saturated heterocycles. The summed E-state index contributed by atoms with van der Waals surface area (Å²) in [6.45, 7) is 1.27. The molecule has 1 aliphatic heterocycles. The van der Waals surface area contributed by atoms with Gasteiger partial charge in [0.2, 0.25) is 0 Å². The van der Waals surface area contributed by atoms with Gasteiger partial charge in [-0.25, -0.2) is 0 Å². The molecule has 0 unspecified atom stereocenters. The predicted octanol–water partition coefficient (Wildman–Crippen LogP) is 5.67. The lowest BCUT2D eigenvalue weighted by Crippen LogP contribution is -2.32. The Morgan fingerprint density at radius 1 is 0.941 bits per heavy atom. The van der Waals surface area contributed by atoms with E-state index in [1.54, 1.807) is 24.2 Å². The lowest BCUT2D eigenvalue weighted by Gasteiger charge is -2.31. The highest BCUT2D eigenvalue weighted by Crippen LogP contribution is 2.38. The molecule has 0 N–H and O–H groups in total. The molecule has 0 bridgehead atoms. The van der Waals surface area contributed by atoms with Crippen molar-refractivity contribution >= 4 is 28.3 Å². The van der Waals surface area contributed by atoms with Crippen LogP contribution >= 0.6 is 11.8 Å². The van der Waals surface area contributed by atoms with Gasteiger partial charge < -0.3 is 4.74 Å². The topological polar surface area (TPSA) is 76.1 Å². The molecule has 166 valence electrons. The zero-order valence-corrected chi connectivity index (χ0v) is 19.2. The molecular formula is C27H21N5OS. The summed E-state index contributed by atoms with van der Waals surface area (Å²) < 4.78 is 7.58. The summed E-state index contributed by atoms with van der Waals surface area (Å²) in [6, 6.07) is 25.4. The maximum atomic E-state index is 9.94. The molecule has 0 saturated carbocycles. The number of ether oxygens (including phenoxy) is 1. The van der Waals surface area contributed by atoms with E-state index in [0.29, 0.717) is 13.2 Å². The van der Waals surface area contributed by atoms with Gasteiger partial charge in [-0.3, -0.25) is 9.38 Å². The minimum atomic E-state index is -0.457. The maximum absolute atomic E-state index is 9.94. The second-order valence-electron chi connectivity index (χ2n) is 8.45. The molecule has 5 aromatic rings. The zero-order chi connectivity index (χ0) is 23.0. The Kier molecular flexibility index (Phi) is 5.25. The number of fused-ring (bicyclic) bond motifs is 3. The first-order valence-corrected chi connectivity index (χ1v) is 12.0. The molecule has 4 heterocycles. The summed E-state index contributed by atoms with van der Waals surface area (Å²) in [5.74, 6) is 0.778. The summed E-state index contributed by atoms with van der Waals surface area (Å²) >= 11 is 1.71. The second-order valence-corrected chi connectivity index (χ2v) is 9.60. The Bertz CT molecular complexity index is 1530. The van der Waals surface area contributed by atoms with Gasteiger partial charge in [0.15, 0.2) is 11.5 Å². The Hall–Kier alpha value is -3.73. The maximum Gasteiger partial charge on any atom is 0.170 e. The van der Waals surface area contributed by atoms with Gasteiger partial charge in [-0.2, -0.15) is 5.26 Å². The van der Waals surface area contributed by atoms with E-state index in [1.807, 2.05) is 24.3 Å². The standard InChI is InChI=1S/C27H21N5OS/c28-18-27(10-13-33-14-11-27)21-4-1-5-22(16-21)34-23-7-8-24-19(15-23)6-9-25-30-31-26(32(24)25)20-3-2-12-29-17-20/h1-9,12,15-17H,10-11,13-14H2. The molecule has 0 spiro atoms. The monoisotopic (exact) mass is 463 g/mol. The van der Waals surface area contributed by atoms with E-state index in [4.69, 9.17) is 4.74 Å². The van der Waals surface area contributed by atoms with Crippen molar-refractivity contribution in [3.05, 3.63) is 84.7 Å². The minimum absolute atomic E-state index is 0.457. The Balaban J connectivity index is 1.36. The van der Waals surface area contributed by atoms with Crippen LogP contribution in [0.3, 0.4) is 0 Å². The Morgan fingerprint density at radius 2 is 1.82 bits per heavy atom. The van der Waals surface area contributed by atoms with Crippen molar-refractivity contribution in [2.24, 2.45) is 0 Å². The van der Waals surface area contributed by atoms with E-state index in [-0.39, 0.29) is 0 Å². The highest BCUT2D eigenvalue weighted by molar-refractivity contribution is 7.99. The second kappa shape index (κ2) is 8.56. The van der Waals surface area contributed by atoms with Gasteiger partial charge in [0.1, 0.15) is 0 Å². The highest BCUT2D eigenvalue weighted by Gasteiger charge is 2.34. The number of nitriles is 1. The highest BCUT2D eigenvalue weighted by atomic mass is 32.2. The molecular weight excluding hydrogens is 442 g/mol. The number of benzene rings is 2. The van der Waals surface area contributed by atoms with Crippen LogP contribution in [0.4, 0.5) is 0 Å². The number of pyridine rings is 2. The van der Waals surface area contributed by atoms with Crippen molar-refractivity contribution in [3.8, 4) is 17.5 Å². The van der Waals surface area contributed by atoms with Gasteiger partial charge in [0.05, 0.1) is 17.0 Å². The van der Waals surface area contributed by atoms with E-state index < -0.39 is 5.41 Å². The molecule has 1 fully saturated rings. The molecule has 3 aromatic heterocycles. The molecule has 6 rings (SSSR count). The summed E-state index contributed by atoms with van der Waals surface area (Å²) in [6.07, 6.45) is 5.03. The minimum Gasteiger partial charge on any atom is -0.381 e. The van der Waals surface area contributed by atoms with E-state index in [1.165, 1.54) is 0 Å². The van der Waals surface area contributed by atoms with Crippen LogP contribution < -0.4 is 0 Å². The van der Waals surface area contributed by atoms with Crippen LogP contribution in [0.1, 0.15) is 18.4 Å². The SMILES string of the molecule is N#CC1(c2cccc(Sc3ccc4c(ccc5nnc(-c6cccnc6)n54)c3)c2)CCOCC1. The smallest absolute Gasteiger partial charge is 0.170 e. The molecule has 0 atom stereocenters. The van der Waals surface area contributed by atoms with Crippen LogP contribution in [0, 0.1) is 11.3 Å². The van der Waals surface area contributed by atoms with E-state index in [0.717, 1.165) is 56.1 Å². The average Bonchev–Trinajstić information content (AvgIpc) is 3.34. The summed E-state index contributed by atoms with van der Waals surface area (Å²) in [5, 5.41) is 19.8. The van der Waals surface area contributed by atoms with Gasteiger partial charge in [-0.15, -0.1) is 10.2 Å². The first-order chi connectivity index (χ1) is 16.8. The van der Waals surface area contributed by atoms with E-state index >= 15 is 0 Å². The summed E-state index contributed by atoms with van der Waals surface area (Å²) in [5.41, 5.74) is 3.40. The van der Waals surface area contributed by atoms with Gasteiger partial charge in [-0.1, -0.05) is 23.9 Å². The Labute approximate surface area is 201 Å². The van der Waals surface area contributed by atoms with Crippen LogP contribution in [-0.2, 0) is 10.2 Å². The number of aromatic nitrogens is 4. The Morgan fingerprint density at radius 3 is 2.65 bits per heavy atom. The van der Waals surface area contributed by atoms with Crippen LogP contribution in [0.2, 0.25) is 0 Å². The number of rotatable bonds is 4. The third-order valence-electron chi connectivity index (χ3n) is 6.44. The van der Waals surface area contributed by atoms with Crippen molar-refractivity contribution in [2.75, 3.05) is 13.2 Å². The molecule has 6 nitrogen and oxygen atoms in total. The molecule has 1 aliphatic rings. The number of hydrogen-bond donors (Lipinski definition) is 0. The van der Waals surface area contributed by atoms with E-state index in [2.05, 4.69) is 68.1 Å². The quantitative estimate of drug-likeness (QED) is 0.342. The van der Waals surface area contributed by atoms with Gasteiger partial charge in [-0.05, 0) is 78.4 Å². The predicted molar refractivity (Wildman–Crippen MR) is 132 cm³/mol. The normalized spacial score (nSPS) is 15.4. The van der Waals surface area contributed by atoms with Gasteiger partial charge in [0.25, 0.3) is 0 Å². The molecule has 7 heteroatoms. The lowest BCUT2D eigenvalue weighted by atomic mass is 9.75. The fourth-order valence-electron chi connectivity index (χ4n) is 4.60. The fourth-order valence-corrected chi connectivity index (χ4v) is 5.53. The fraction of sp³-hybridized carbons (Fsp3) is 0.185. The molecule has 0 radical (unpaired) electrons. The van der Waals surface area contributed by atoms with Crippen LogP contribution in [0.25, 0.3) is 27.9 Å². The largest absolute Gasteiger partial charge is 0.381 e. The van der Waals surface area contributed by atoms with Crippen molar-refractivity contribution in [1.82, 2.24) is 19.6 Å². The van der Waals surface area contributed by atoms with Crippen molar-refractivity contribution < 1.29 is 4.74 Å². The summed E-state index contributed by atoms with van der Waals surface area (Å²) in [4.78, 5) is 6.49. The van der Waals surface area contributed by atoms with Crippen molar-refractivity contribution in [3.63, 3.8) is 0 Å². The third-order valence-corrected chi connectivity index (χ3v) is 7.42. The van der Waals surface area contributed by atoms with Crippen molar-refractivity contribution in [2.45, 2.75) is 28.0 Å². The molecule has 0 amide bonds. The first-order valence-electron chi connectivity index (χ1n) is 11.2. The first kappa shape index (κ1) is 20.8. The summed E-state index contributed by atoms with van der Waals surface area (Å²) in [7, 11) is 0. The van der Waals surface area contributed by atoms with E-state index in [9.17, 15) is 5.26 Å². The average molecular weight is 464 g/mol. The zero-order valence-electron chi connectivity index (χ0n) is 18.4. The number of hydrogen-bond acceptors (Lipinski definition) is 6. The van der Waals surface area contributed by atoms with Crippen molar-refractivity contribution in [1.29, 1.82) is 5.26 Å². The third kappa shape index (κ3) is 3.61. The van der Waals surface area contributed by atoms with Crippen LogP contribution in [0.15, 0.2) is 88.9 Å².